The zero-order valence-corrected chi connectivity index (χ0v) is 17.9. The molecule has 5 heteroatoms. The molecule has 0 bridgehead atoms. The second kappa shape index (κ2) is 12.0. The number of hydrogen-bond donors (Lipinski definition) is 1. The van der Waals surface area contributed by atoms with Gasteiger partial charge in [-0.2, -0.15) is 0 Å². The Morgan fingerprint density at radius 1 is 0.929 bits per heavy atom. The molecule has 0 aliphatic heterocycles. The fourth-order valence-corrected chi connectivity index (χ4v) is 3.11. The monoisotopic (exact) mass is 433 g/mol. The van der Waals surface area contributed by atoms with Crippen LogP contribution in [0.3, 0.4) is 0 Å². The molecule has 3 nitrogen and oxygen atoms in total. The maximum absolute atomic E-state index is 6.03. The van der Waals surface area contributed by atoms with Crippen LogP contribution in [0.1, 0.15) is 0 Å². The zero-order chi connectivity index (χ0) is 19.1. The van der Waals surface area contributed by atoms with Crippen LogP contribution in [-0.4, -0.2) is 37.1 Å². The Morgan fingerprint density at radius 2 is 1.61 bits per heavy atom. The van der Waals surface area contributed by atoms with Crippen molar-refractivity contribution in [2.24, 2.45) is 0 Å². The van der Waals surface area contributed by atoms with Crippen LogP contribution in [0, 0.1) is 63.2 Å². The van der Waals surface area contributed by atoms with Gasteiger partial charge in [-0.15, -0.1) is 0 Å². The van der Waals surface area contributed by atoms with Crippen LogP contribution in [0.5, 0.6) is 0 Å². The Hall–Kier alpha value is -0.801. The van der Waals surface area contributed by atoms with Crippen LogP contribution < -0.4 is 5.32 Å². The van der Waals surface area contributed by atoms with Gasteiger partial charge in [0, 0.05) is 47.2 Å². The van der Waals surface area contributed by atoms with Crippen LogP contribution in [0.2, 0.25) is 5.02 Å². The molecule has 2 aliphatic rings. The molecule has 0 unspecified atom stereocenters. The molecule has 1 N–H and O–H groups in total. The van der Waals surface area contributed by atoms with Gasteiger partial charge in [-0.05, 0) is 89.7 Å². The van der Waals surface area contributed by atoms with Gasteiger partial charge in [-0.1, -0.05) is 11.6 Å². The van der Waals surface area contributed by atoms with E-state index >= 15 is 0 Å². The Bertz CT molecular complexity index is 710. The van der Waals surface area contributed by atoms with E-state index in [1.54, 1.807) is 0 Å². The second-order valence-corrected chi connectivity index (χ2v) is 7.09. The van der Waals surface area contributed by atoms with Crippen LogP contribution in [0.25, 0.3) is 10.9 Å². The summed E-state index contributed by atoms with van der Waals surface area (Å²) in [7, 11) is 4.18. The van der Waals surface area contributed by atoms with E-state index in [4.69, 9.17) is 11.6 Å². The molecule has 1 aromatic heterocycles. The molecule has 144 valence electrons. The van der Waals surface area contributed by atoms with Crippen molar-refractivity contribution in [3.63, 3.8) is 0 Å². The number of benzene rings is 1. The summed E-state index contributed by atoms with van der Waals surface area (Å²) in [5.74, 6) is 2.69. The number of aromatic nitrogens is 1. The van der Waals surface area contributed by atoms with Crippen molar-refractivity contribution in [2.75, 3.05) is 32.5 Å². The summed E-state index contributed by atoms with van der Waals surface area (Å²) in [6.07, 6.45) is 18.3. The largest absolute Gasteiger partial charge is 2.00 e. The number of halogens is 1. The van der Waals surface area contributed by atoms with Gasteiger partial charge in [-0.3, -0.25) is 4.98 Å². The van der Waals surface area contributed by atoms with Crippen molar-refractivity contribution in [3.8, 4) is 0 Å². The molecule has 0 atom stereocenters. The third kappa shape index (κ3) is 6.91. The van der Waals surface area contributed by atoms with E-state index in [9.17, 15) is 0 Å². The third-order valence-electron chi connectivity index (χ3n) is 4.22. The molecular formula is C23H24ClFeN3+2. The topological polar surface area (TPSA) is 28.2 Å². The van der Waals surface area contributed by atoms with Crippen molar-refractivity contribution < 1.29 is 17.1 Å². The Kier molecular flexibility index (Phi) is 10.1. The fourth-order valence-electron chi connectivity index (χ4n) is 2.95. The first-order chi connectivity index (χ1) is 13.1. The minimum atomic E-state index is 0. The van der Waals surface area contributed by atoms with Crippen LogP contribution in [0.15, 0.2) is 30.5 Å². The molecule has 0 spiro atoms. The van der Waals surface area contributed by atoms with Crippen LogP contribution >= 0.6 is 11.6 Å². The Morgan fingerprint density at radius 3 is 2.29 bits per heavy atom. The molecule has 0 saturated heterocycles. The van der Waals surface area contributed by atoms with Gasteiger partial charge in [0.1, 0.15) is 0 Å². The van der Waals surface area contributed by atoms with Gasteiger partial charge in [0.05, 0.1) is 5.52 Å². The fraction of sp³-hybridized carbons (Fsp3) is 0.174. The Labute approximate surface area is 186 Å². The SMILES string of the molecule is CN(C)C[C]1[CH][CH][CH][C]1CNc1ccnc2cc(Cl)ccc12.[CH]1[CH][CH][CH][CH]1.[Fe+2]. The van der Waals surface area contributed by atoms with E-state index in [-0.39, 0.29) is 17.1 Å². The van der Waals surface area contributed by atoms with Gasteiger partial charge in [0.2, 0.25) is 0 Å². The second-order valence-electron chi connectivity index (χ2n) is 6.65. The van der Waals surface area contributed by atoms with E-state index in [1.807, 2.05) is 62.6 Å². The normalized spacial score (nSPS) is 17.4. The van der Waals surface area contributed by atoms with Crippen molar-refractivity contribution in [1.29, 1.82) is 0 Å². The first-order valence-corrected chi connectivity index (χ1v) is 9.34. The van der Waals surface area contributed by atoms with E-state index < -0.39 is 0 Å². The molecule has 4 rings (SSSR count). The molecule has 2 saturated carbocycles. The number of fused-ring (bicyclic) bond motifs is 1. The standard InChI is InChI=1S/C18H19ClN3.C5H5.Fe/c1-22(2)12-14-5-3-4-13(14)11-21-17-8-9-20-18-10-15(19)6-7-16(17)18;1-2-4-5-3-1;/h3-10H,11-12H2,1-2H3,(H,20,21);1-5H;/q;;+2. The number of anilines is 1. The number of hydrogen-bond acceptors (Lipinski definition) is 3. The van der Waals surface area contributed by atoms with Crippen molar-refractivity contribution in [2.45, 2.75) is 0 Å². The summed E-state index contributed by atoms with van der Waals surface area (Å²) in [6.45, 7) is 1.76. The maximum atomic E-state index is 6.03. The zero-order valence-electron chi connectivity index (χ0n) is 16.0. The van der Waals surface area contributed by atoms with E-state index in [0.29, 0.717) is 5.02 Å². The first kappa shape index (κ1) is 23.5. The number of rotatable bonds is 5. The van der Waals surface area contributed by atoms with Gasteiger partial charge < -0.3 is 10.2 Å². The number of nitrogens with zero attached hydrogens (tertiary/aromatic N) is 2. The minimum absolute atomic E-state index is 0. The molecule has 28 heavy (non-hydrogen) atoms. The predicted molar refractivity (Wildman–Crippen MR) is 115 cm³/mol. The maximum Gasteiger partial charge on any atom is 2.00 e. The quantitative estimate of drug-likeness (QED) is 0.695. The minimum Gasteiger partial charge on any atom is -0.384 e. The van der Waals surface area contributed by atoms with E-state index in [1.165, 1.54) is 11.8 Å². The van der Waals surface area contributed by atoms with Gasteiger partial charge >= 0.3 is 17.1 Å². The molecule has 2 aliphatic carbocycles. The van der Waals surface area contributed by atoms with Gasteiger partial charge in [0.25, 0.3) is 0 Å². The molecule has 1 heterocycles. The third-order valence-corrected chi connectivity index (χ3v) is 4.46. The molecule has 1 aromatic carbocycles. The summed E-state index contributed by atoms with van der Waals surface area (Å²) in [6, 6.07) is 7.81. The average Bonchev–Trinajstić information content (AvgIpc) is 3.34. The summed E-state index contributed by atoms with van der Waals surface area (Å²) in [5, 5.41) is 5.32. The predicted octanol–water partition coefficient (Wildman–Crippen LogP) is 4.66. The van der Waals surface area contributed by atoms with Crippen LogP contribution in [0.4, 0.5) is 5.69 Å². The smallest absolute Gasteiger partial charge is 0.384 e. The van der Waals surface area contributed by atoms with Crippen LogP contribution in [-0.2, 0) is 17.1 Å². The number of nitrogens with one attached hydrogen (secondary N) is 1. The molecule has 0 amide bonds. The van der Waals surface area contributed by atoms with Crippen molar-refractivity contribution >= 4 is 28.2 Å². The molecule has 10 radical (unpaired) electrons. The number of pyridine rings is 1. The summed E-state index contributed by atoms with van der Waals surface area (Å²) in [5.41, 5.74) is 1.99. The summed E-state index contributed by atoms with van der Waals surface area (Å²) < 4.78 is 0. The van der Waals surface area contributed by atoms with E-state index in [0.717, 1.165) is 29.7 Å². The van der Waals surface area contributed by atoms with Crippen molar-refractivity contribution in [3.05, 3.63) is 98.7 Å². The average molecular weight is 434 g/mol. The first-order valence-electron chi connectivity index (χ1n) is 8.96. The summed E-state index contributed by atoms with van der Waals surface area (Å²) >= 11 is 6.03. The van der Waals surface area contributed by atoms with Crippen molar-refractivity contribution in [1.82, 2.24) is 9.88 Å². The molecular weight excluding hydrogens is 410 g/mol. The molecule has 2 fully saturated rings. The molecule has 2 aromatic rings. The van der Waals surface area contributed by atoms with Gasteiger partial charge in [-0.25, -0.2) is 0 Å². The van der Waals surface area contributed by atoms with Gasteiger partial charge in [0.15, 0.2) is 0 Å². The van der Waals surface area contributed by atoms with E-state index in [2.05, 4.69) is 48.6 Å². The Balaban J connectivity index is 0.000000408. The summed E-state index contributed by atoms with van der Waals surface area (Å²) in [4.78, 5) is 6.56.